The maximum atomic E-state index is 13.6. The predicted octanol–water partition coefficient (Wildman–Crippen LogP) is 5.15. The minimum absolute atomic E-state index is 0.171. The van der Waals surface area contributed by atoms with E-state index in [-0.39, 0.29) is 6.42 Å². The first-order valence-corrected chi connectivity index (χ1v) is 17.7. The van der Waals surface area contributed by atoms with Gasteiger partial charge in [0.2, 0.25) is 0 Å². The van der Waals surface area contributed by atoms with Gasteiger partial charge < -0.3 is 39.0 Å². The van der Waals surface area contributed by atoms with Gasteiger partial charge in [0.05, 0.1) is 12.2 Å². The van der Waals surface area contributed by atoms with E-state index >= 15 is 0 Å². The zero-order valence-electron chi connectivity index (χ0n) is 28.5. The van der Waals surface area contributed by atoms with Gasteiger partial charge in [-0.1, -0.05) is 94.2 Å². The number of esters is 1. The molecule has 0 radical (unpaired) electrons. The highest BCUT2D eigenvalue weighted by atomic mass is 16.9. The fraction of sp³-hybridized carbons (Fsp3) is 0.615. The van der Waals surface area contributed by atoms with Crippen LogP contribution in [-0.2, 0) is 28.5 Å². The van der Waals surface area contributed by atoms with E-state index < -0.39 is 83.1 Å². The molecule has 12 atom stereocenters. The summed E-state index contributed by atoms with van der Waals surface area (Å²) in [7, 11) is 0. The summed E-state index contributed by atoms with van der Waals surface area (Å²) in [4.78, 5) is 13.6. The summed E-state index contributed by atoms with van der Waals surface area (Å²) < 4.78 is 33.7. The van der Waals surface area contributed by atoms with E-state index in [9.17, 15) is 20.1 Å². The van der Waals surface area contributed by atoms with E-state index in [2.05, 4.69) is 13.5 Å². The normalized spacial score (nSPS) is 45.1. The van der Waals surface area contributed by atoms with Crippen LogP contribution in [0.25, 0.3) is 6.08 Å². The molecule has 9 heteroatoms. The number of unbranched alkanes of at least 4 members (excludes halogenated alkanes) is 5. The fourth-order valence-electron chi connectivity index (χ4n) is 9.82. The van der Waals surface area contributed by atoms with Crippen molar-refractivity contribution < 1.29 is 43.8 Å². The van der Waals surface area contributed by atoms with Crippen LogP contribution in [0, 0.1) is 17.8 Å². The van der Waals surface area contributed by atoms with E-state index in [4.69, 9.17) is 23.7 Å². The summed E-state index contributed by atoms with van der Waals surface area (Å²) in [6.45, 7) is 11.8. The molecular formula is C39H50O9. The number of aliphatic hydroxyl groups excluding tert-OH is 2. The lowest BCUT2D eigenvalue weighted by Gasteiger charge is -2.61. The van der Waals surface area contributed by atoms with Gasteiger partial charge in [0.15, 0.2) is 5.60 Å². The predicted molar refractivity (Wildman–Crippen MR) is 178 cm³/mol. The van der Waals surface area contributed by atoms with Gasteiger partial charge in [-0.15, -0.1) is 0 Å². The van der Waals surface area contributed by atoms with Crippen LogP contribution in [0.3, 0.4) is 0 Å². The van der Waals surface area contributed by atoms with Crippen molar-refractivity contribution in [3.63, 3.8) is 0 Å². The Morgan fingerprint density at radius 3 is 2.56 bits per heavy atom. The van der Waals surface area contributed by atoms with Crippen molar-refractivity contribution in [2.24, 2.45) is 17.8 Å². The third kappa shape index (κ3) is 4.72. The molecule has 3 aliphatic carbocycles. The number of allylic oxidation sites excluding steroid dienone is 1. The number of fused-ring (bicyclic) bond motifs is 3. The van der Waals surface area contributed by atoms with Crippen molar-refractivity contribution >= 4 is 12.0 Å². The highest BCUT2D eigenvalue weighted by Gasteiger charge is 2.89. The van der Waals surface area contributed by atoms with Crippen molar-refractivity contribution in [3.8, 4) is 0 Å². The van der Waals surface area contributed by atoms with Crippen LogP contribution in [0.15, 0.2) is 72.4 Å². The first-order valence-electron chi connectivity index (χ1n) is 17.7. The SMILES string of the molecule is C=C(C)C12OC3(/C=C/CCCCCCC)OC1C1C4OC4(CO)C(O)C4(O)CC(C)=CC4C1(O3)C(C)C2OC(=O)/C=C/c1ccccc1. The van der Waals surface area contributed by atoms with Crippen LogP contribution in [0.1, 0.15) is 78.2 Å². The van der Waals surface area contributed by atoms with Gasteiger partial charge in [0, 0.05) is 36.3 Å². The van der Waals surface area contributed by atoms with Crippen molar-refractivity contribution in [2.75, 3.05) is 6.61 Å². The Morgan fingerprint density at radius 2 is 1.85 bits per heavy atom. The van der Waals surface area contributed by atoms with E-state index in [1.165, 1.54) is 25.3 Å². The number of benzene rings is 1. The van der Waals surface area contributed by atoms with Gasteiger partial charge in [-0.2, -0.15) is 0 Å². The molecule has 1 aromatic rings. The molecule has 5 fully saturated rings. The Balaban J connectivity index is 1.34. The number of carbonyl (C=O) groups is 1. The molecule has 3 aliphatic heterocycles. The molecule has 3 N–H and O–H groups in total. The summed E-state index contributed by atoms with van der Waals surface area (Å²) in [5.74, 6) is -4.19. The van der Waals surface area contributed by atoms with Gasteiger partial charge in [-0.25, -0.2) is 4.79 Å². The molecule has 12 unspecified atom stereocenters. The molecule has 0 spiro atoms. The van der Waals surface area contributed by atoms with Gasteiger partial charge in [0.1, 0.15) is 35.6 Å². The second kappa shape index (κ2) is 12.0. The van der Waals surface area contributed by atoms with Crippen LogP contribution in [-0.4, -0.2) is 80.7 Å². The van der Waals surface area contributed by atoms with Crippen LogP contribution >= 0.6 is 0 Å². The third-order valence-corrected chi connectivity index (χ3v) is 12.0. The maximum absolute atomic E-state index is 13.6. The largest absolute Gasteiger partial charge is 0.455 e. The minimum atomic E-state index is -1.73. The minimum Gasteiger partial charge on any atom is -0.455 e. The average Bonchev–Trinajstić information content (AvgIpc) is 3.64. The molecule has 2 saturated carbocycles. The lowest BCUT2D eigenvalue weighted by Crippen LogP contribution is -2.76. The fourth-order valence-corrected chi connectivity index (χ4v) is 9.82. The lowest BCUT2D eigenvalue weighted by atomic mass is 9.53. The second-order valence-electron chi connectivity index (χ2n) is 15.0. The molecule has 6 aliphatic rings. The first kappa shape index (κ1) is 33.8. The highest BCUT2D eigenvalue weighted by molar-refractivity contribution is 5.87. The molecule has 7 rings (SSSR count). The summed E-state index contributed by atoms with van der Waals surface area (Å²) in [6.07, 6.45) is 11.7. The van der Waals surface area contributed by atoms with Crippen LogP contribution in [0.2, 0.25) is 0 Å². The van der Waals surface area contributed by atoms with Gasteiger partial charge >= 0.3 is 11.9 Å². The van der Waals surface area contributed by atoms with E-state index in [1.54, 1.807) is 6.08 Å². The summed E-state index contributed by atoms with van der Waals surface area (Å²) in [6, 6.07) is 9.49. The highest BCUT2D eigenvalue weighted by Crippen LogP contribution is 2.73. The average molecular weight is 663 g/mol. The molecule has 3 heterocycles. The quantitative estimate of drug-likeness (QED) is 0.0916. The van der Waals surface area contributed by atoms with Crippen molar-refractivity contribution in [3.05, 3.63) is 77.9 Å². The van der Waals surface area contributed by atoms with E-state index in [1.807, 2.05) is 69.3 Å². The molecule has 1 aromatic carbocycles. The first-order chi connectivity index (χ1) is 22.9. The van der Waals surface area contributed by atoms with Gasteiger partial charge in [-0.3, -0.25) is 0 Å². The van der Waals surface area contributed by atoms with Crippen molar-refractivity contribution in [1.82, 2.24) is 0 Å². The Morgan fingerprint density at radius 1 is 1.10 bits per heavy atom. The molecule has 0 amide bonds. The Labute approximate surface area is 283 Å². The molecule has 3 saturated heterocycles. The molecule has 0 aromatic heterocycles. The monoisotopic (exact) mass is 662 g/mol. The Bertz CT molecular complexity index is 1520. The van der Waals surface area contributed by atoms with Crippen LogP contribution < -0.4 is 0 Å². The molecule has 3 bridgehead atoms. The lowest BCUT2D eigenvalue weighted by molar-refractivity contribution is -0.409. The number of hydrogen-bond acceptors (Lipinski definition) is 9. The Kier molecular flexibility index (Phi) is 8.47. The smallest absolute Gasteiger partial charge is 0.331 e. The number of aliphatic hydroxyl groups is 3. The van der Waals surface area contributed by atoms with Crippen molar-refractivity contribution in [2.45, 2.75) is 125 Å². The summed E-state index contributed by atoms with van der Waals surface area (Å²) >= 11 is 0. The number of ether oxygens (including phenoxy) is 5. The van der Waals surface area contributed by atoms with Gasteiger partial charge in [-0.05, 0) is 43.9 Å². The molecule has 48 heavy (non-hydrogen) atoms. The zero-order valence-corrected chi connectivity index (χ0v) is 28.5. The second-order valence-corrected chi connectivity index (χ2v) is 15.0. The third-order valence-electron chi connectivity index (χ3n) is 12.0. The number of epoxide rings is 1. The molecular weight excluding hydrogens is 612 g/mol. The maximum Gasteiger partial charge on any atom is 0.331 e. The van der Waals surface area contributed by atoms with E-state index in [0.29, 0.717) is 5.57 Å². The summed E-state index contributed by atoms with van der Waals surface area (Å²) in [5.41, 5.74) is -3.47. The van der Waals surface area contributed by atoms with Crippen LogP contribution in [0.5, 0.6) is 0 Å². The molecule has 260 valence electrons. The molecule has 9 nitrogen and oxygen atoms in total. The number of hydrogen-bond donors (Lipinski definition) is 3. The number of carbonyl (C=O) groups excluding carboxylic acids is 1. The summed E-state index contributed by atoms with van der Waals surface area (Å²) in [5, 5.41) is 35.1. The topological polar surface area (TPSA) is 127 Å². The van der Waals surface area contributed by atoms with Gasteiger partial charge in [0.25, 0.3) is 0 Å². The number of rotatable bonds is 12. The van der Waals surface area contributed by atoms with E-state index in [0.717, 1.165) is 30.4 Å². The zero-order chi connectivity index (χ0) is 34.1. The van der Waals surface area contributed by atoms with Crippen LogP contribution in [0.4, 0.5) is 0 Å². The standard InChI is InChI=1S/C39H50O9/c1-6-7-8-9-10-11-15-20-37-46-33-30-32-36(23-40,45-32)34(42)35(43)22-25(4)21-28(35)39(30,48-37)26(5)31(38(33,47-37)24(2)3)44-29(41)19-18-27-16-13-12-14-17-27/h12-21,26,28,30-34,40,42-43H,2,6-11,22-23H2,1,3-5H3/b19-18+,20-15+. The Hall–Kier alpha value is -2.63. The van der Waals surface area contributed by atoms with Crippen molar-refractivity contribution in [1.29, 1.82) is 0 Å².